The predicted molar refractivity (Wildman–Crippen MR) is 82.5 cm³/mol. The van der Waals surface area contributed by atoms with Gasteiger partial charge >= 0.3 is 0 Å². The van der Waals surface area contributed by atoms with Crippen LogP contribution in [0.4, 0.5) is 0 Å². The molecule has 0 unspecified atom stereocenters. The van der Waals surface area contributed by atoms with Crippen LogP contribution < -0.4 is 4.74 Å². The first-order valence-electron chi connectivity index (χ1n) is 7.38. The number of aromatic nitrogens is 2. The maximum atomic E-state index is 10.8. The van der Waals surface area contributed by atoms with Crippen molar-refractivity contribution < 1.29 is 18.7 Å². The summed E-state index contributed by atoms with van der Waals surface area (Å²) in [5, 5.41) is 0. The van der Waals surface area contributed by atoms with Crippen LogP contribution in [0.15, 0.2) is 40.9 Å². The summed E-state index contributed by atoms with van der Waals surface area (Å²) in [6, 6.07) is 8.95. The van der Waals surface area contributed by atoms with Gasteiger partial charge in [0.2, 0.25) is 5.89 Å². The smallest absolute Gasteiger partial charge is 0.227 e. The van der Waals surface area contributed by atoms with Crippen LogP contribution in [-0.4, -0.2) is 35.6 Å². The molecule has 1 aliphatic heterocycles. The Morgan fingerprint density at radius 2 is 2.22 bits per heavy atom. The largest absolute Gasteiger partial charge is 0.488 e. The van der Waals surface area contributed by atoms with E-state index in [0.717, 1.165) is 24.3 Å². The Morgan fingerprint density at radius 3 is 3.04 bits per heavy atom. The van der Waals surface area contributed by atoms with Crippen LogP contribution in [-0.2, 0) is 4.74 Å². The van der Waals surface area contributed by atoms with Crippen molar-refractivity contribution in [1.29, 1.82) is 0 Å². The van der Waals surface area contributed by atoms with E-state index < -0.39 is 0 Å². The lowest BCUT2D eigenvalue weighted by molar-refractivity contribution is 0.111. The summed E-state index contributed by atoms with van der Waals surface area (Å²) in [6.07, 6.45) is 3.24. The van der Waals surface area contributed by atoms with E-state index in [0.29, 0.717) is 35.6 Å². The van der Waals surface area contributed by atoms with Crippen LogP contribution >= 0.6 is 0 Å². The van der Waals surface area contributed by atoms with Crippen molar-refractivity contribution >= 4 is 17.4 Å². The van der Waals surface area contributed by atoms with Crippen LogP contribution in [0.1, 0.15) is 16.9 Å². The van der Waals surface area contributed by atoms with Gasteiger partial charge in [0, 0.05) is 24.2 Å². The van der Waals surface area contributed by atoms with E-state index in [-0.39, 0.29) is 6.10 Å². The minimum absolute atomic E-state index is 0.0881. The summed E-state index contributed by atoms with van der Waals surface area (Å²) >= 11 is 0. The number of rotatable bonds is 4. The van der Waals surface area contributed by atoms with Gasteiger partial charge in [0.15, 0.2) is 11.9 Å². The van der Waals surface area contributed by atoms with E-state index in [1.807, 2.05) is 18.2 Å². The molecule has 116 valence electrons. The van der Waals surface area contributed by atoms with Gasteiger partial charge in [-0.05, 0) is 24.3 Å². The van der Waals surface area contributed by atoms with Crippen molar-refractivity contribution in [2.24, 2.45) is 0 Å². The third-order valence-electron chi connectivity index (χ3n) is 3.70. The van der Waals surface area contributed by atoms with Gasteiger partial charge in [0.25, 0.3) is 0 Å². The van der Waals surface area contributed by atoms with E-state index in [9.17, 15) is 4.79 Å². The number of hydrogen-bond acceptors (Lipinski definition) is 6. The van der Waals surface area contributed by atoms with E-state index in [1.54, 1.807) is 18.3 Å². The normalized spacial score (nSPS) is 17.5. The maximum absolute atomic E-state index is 10.8. The number of oxazole rings is 1. The van der Waals surface area contributed by atoms with Crippen molar-refractivity contribution in [1.82, 2.24) is 9.97 Å². The average molecular weight is 310 g/mol. The summed E-state index contributed by atoms with van der Waals surface area (Å²) in [7, 11) is 0. The van der Waals surface area contributed by atoms with Crippen molar-refractivity contribution in [3.05, 3.63) is 42.2 Å². The molecule has 2 aromatic heterocycles. The molecule has 0 N–H and O–H groups in total. The van der Waals surface area contributed by atoms with Crippen molar-refractivity contribution in [2.45, 2.75) is 12.5 Å². The first kappa shape index (κ1) is 13.9. The fraction of sp³-hybridized carbons (Fsp3) is 0.235. The Hall–Kier alpha value is -2.73. The van der Waals surface area contributed by atoms with Gasteiger partial charge < -0.3 is 13.9 Å². The van der Waals surface area contributed by atoms with Crippen molar-refractivity contribution in [2.75, 3.05) is 13.2 Å². The quantitative estimate of drug-likeness (QED) is 0.690. The average Bonchev–Trinajstić information content (AvgIpc) is 3.24. The lowest BCUT2D eigenvalue weighted by Gasteiger charge is -2.10. The van der Waals surface area contributed by atoms with Gasteiger partial charge in [-0.3, -0.25) is 9.78 Å². The lowest BCUT2D eigenvalue weighted by atomic mass is 10.2. The van der Waals surface area contributed by atoms with Gasteiger partial charge in [-0.25, -0.2) is 4.98 Å². The summed E-state index contributed by atoms with van der Waals surface area (Å²) in [4.78, 5) is 19.2. The number of aldehydes is 1. The molecule has 4 rings (SSSR count). The third kappa shape index (κ3) is 2.80. The van der Waals surface area contributed by atoms with Gasteiger partial charge in [-0.2, -0.15) is 0 Å². The van der Waals surface area contributed by atoms with E-state index in [1.165, 1.54) is 0 Å². The molecular weight excluding hydrogens is 296 g/mol. The second-order valence-corrected chi connectivity index (χ2v) is 5.34. The van der Waals surface area contributed by atoms with Crippen molar-refractivity contribution in [3.8, 4) is 17.2 Å². The van der Waals surface area contributed by atoms with E-state index in [4.69, 9.17) is 13.9 Å². The number of nitrogens with zero attached hydrogens (tertiary/aromatic N) is 2. The summed E-state index contributed by atoms with van der Waals surface area (Å²) in [6.45, 7) is 1.35. The summed E-state index contributed by atoms with van der Waals surface area (Å²) in [5.41, 5.74) is 2.43. The molecule has 3 heterocycles. The molecule has 0 aliphatic carbocycles. The first-order valence-corrected chi connectivity index (χ1v) is 7.38. The zero-order valence-corrected chi connectivity index (χ0v) is 12.3. The van der Waals surface area contributed by atoms with Gasteiger partial charge in [0.1, 0.15) is 23.1 Å². The first-order chi connectivity index (χ1) is 11.3. The summed E-state index contributed by atoms with van der Waals surface area (Å²) < 4.78 is 17.0. The lowest BCUT2D eigenvalue weighted by Crippen LogP contribution is -2.15. The molecule has 3 aromatic rings. The fourth-order valence-corrected chi connectivity index (χ4v) is 2.55. The molecule has 0 bridgehead atoms. The Kier molecular flexibility index (Phi) is 3.51. The number of carbonyl (C=O) groups is 1. The second kappa shape index (κ2) is 5.81. The highest BCUT2D eigenvalue weighted by Crippen LogP contribution is 2.28. The zero-order valence-electron chi connectivity index (χ0n) is 12.3. The predicted octanol–water partition coefficient (Wildman–Crippen LogP) is 2.87. The minimum atomic E-state index is 0.0881. The SMILES string of the molecule is O=Cc1cc(-c2nc3ccc(O[C@H]4CCOC4)cc3o2)ccn1. The van der Waals surface area contributed by atoms with Crippen LogP contribution in [0.3, 0.4) is 0 Å². The molecule has 1 aromatic carbocycles. The molecule has 23 heavy (non-hydrogen) atoms. The number of pyridine rings is 1. The Labute approximate surface area is 132 Å². The topological polar surface area (TPSA) is 74.5 Å². The minimum Gasteiger partial charge on any atom is -0.488 e. The van der Waals surface area contributed by atoms with Crippen LogP contribution in [0.5, 0.6) is 5.75 Å². The van der Waals surface area contributed by atoms with Crippen LogP contribution in [0.2, 0.25) is 0 Å². The highest BCUT2D eigenvalue weighted by atomic mass is 16.5. The number of hydrogen-bond donors (Lipinski definition) is 0. The molecule has 1 fully saturated rings. The highest BCUT2D eigenvalue weighted by Gasteiger charge is 2.18. The molecule has 0 spiro atoms. The second-order valence-electron chi connectivity index (χ2n) is 5.34. The third-order valence-corrected chi connectivity index (χ3v) is 3.70. The molecular formula is C17H14N2O4. The maximum Gasteiger partial charge on any atom is 0.227 e. The van der Waals surface area contributed by atoms with Crippen LogP contribution in [0.25, 0.3) is 22.6 Å². The molecule has 6 nitrogen and oxygen atoms in total. The number of carbonyl (C=O) groups excluding carboxylic acids is 1. The molecule has 1 aliphatic rings. The van der Waals surface area contributed by atoms with Gasteiger partial charge in [0.05, 0.1) is 13.2 Å². The standard InChI is InChI=1S/C17H14N2O4/c20-9-12-7-11(3-5-18-12)17-19-15-2-1-13(8-16(15)23-17)22-14-4-6-21-10-14/h1-3,5,7-9,14H,4,6,10H2/t14-/m0/s1. The molecule has 1 atom stereocenters. The Bertz CT molecular complexity index is 853. The fourth-order valence-electron chi connectivity index (χ4n) is 2.55. The number of ether oxygens (including phenoxy) is 2. The number of benzene rings is 1. The van der Waals surface area contributed by atoms with Gasteiger partial charge in [-0.15, -0.1) is 0 Å². The van der Waals surface area contributed by atoms with E-state index in [2.05, 4.69) is 9.97 Å². The van der Waals surface area contributed by atoms with E-state index >= 15 is 0 Å². The van der Waals surface area contributed by atoms with Gasteiger partial charge in [-0.1, -0.05) is 0 Å². The molecule has 0 radical (unpaired) electrons. The Morgan fingerprint density at radius 1 is 1.26 bits per heavy atom. The molecule has 0 amide bonds. The zero-order chi connectivity index (χ0) is 15.6. The van der Waals surface area contributed by atoms with Crippen LogP contribution in [0, 0.1) is 0 Å². The summed E-state index contributed by atoms with van der Waals surface area (Å²) in [5.74, 6) is 1.19. The highest BCUT2D eigenvalue weighted by molar-refractivity contribution is 5.79. The monoisotopic (exact) mass is 310 g/mol. The Balaban J connectivity index is 1.65. The molecule has 0 saturated carbocycles. The molecule has 1 saturated heterocycles. The van der Waals surface area contributed by atoms with Crippen molar-refractivity contribution in [3.63, 3.8) is 0 Å². The number of fused-ring (bicyclic) bond motifs is 1. The molecule has 6 heteroatoms.